The molecule has 0 saturated heterocycles. The van der Waals surface area contributed by atoms with Gasteiger partial charge in [0.15, 0.2) is 0 Å². The maximum Gasteiger partial charge on any atom is 0.251 e. The van der Waals surface area contributed by atoms with Crippen LogP contribution in [-0.4, -0.2) is 24.6 Å². The van der Waals surface area contributed by atoms with E-state index in [4.69, 9.17) is 0 Å². The summed E-state index contributed by atoms with van der Waals surface area (Å²) in [5.41, 5.74) is 0.557. The van der Waals surface area contributed by atoms with Crippen LogP contribution in [0.2, 0.25) is 0 Å². The predicted molar refractivity (Wildman–Crippen MR) is 87.1 cm³/mol. The number of aliphatic hydroxyl groups excluding tert-OH is 1. The molecule has 0 amide bonds. The molecule has 1 saturated carbocycles. The molecule has 2 aromatic heterocycles. The molecule has 2 heterocycles. The van der Waals surface area contributed by atoms with Gasteiger partial charge in [0, 0.05) is 24.9 Å². The molecule has 124 valence electrons. The van der Waals surface area contributed by atoms with Crippen molar-refractivity contribution in [2.24, 2.45) is 5.92 Å². The van der Waals surface area contributed by atoms with E-state index in [1.165, 1.54) is 25.3 Å². The van der Waals surface area contributed by atoms with Gasteiger partial charge in [0.05, 0.1) is 12.2 Å². The Bertz CT molecular complexity index is 701. The van der Waals surface area contributed by atoms with Crippen molar-refractivity contribution in [2.75, 3.05) is 0 Å². The minimum Gasteiger partial charge on any atom is -0.385 e. The topological polar surface area (TPSA) is 83.8 Å². The molecule has 0 aromatic carbocycles. The van der Waals surface area contributed by atoms with E-state index >= 15 is 0 Å². The number of H-pyrrole nitrogens is 1. The number of hydrogen-bond acceptors (Lipinski definition) is 4. The fourth-order valence-corrected chi connectivity index (χ4v) is 3.37. The third kappa shape index (κ3) is 3.69. The van der Waals surface area contributed by atoms with E-state index in [1.54, 1.807) is 6.20 Å². The lowest BCUT2D eigenvalue weighted by atomic mass is 9.85. The summed E-state index contributed by atoms with van der Waals surface area (Å²) in [6.07, 6.45) is 9.41. The molecule has 0 radical (unpaired) electrons. The van der Waals surface area contributed by atoms with E-state index in [0.717, 1.165) is 12.8 Å². The summed E-state index contributed by atoms with van der Waals surface area (Å²) in [7, 11) is 0. The molecule has 23 heavy (non-hydrogen) atoms. The van der Waals surface area contributed by atoms with Crippen LogP contribution in [0, 0.1) is 5.92 Å². The molecule has 1 aliphatic carbocycles. The number of imidazole rings is 1. The van der Waals surface area contributed by atoms with Crippen molar-refractivity contribution in [1.82, 2.24) is 19.5 Å². The normalized spacial score (nSPS) is 17.3. The maximum atomic E-state index is 11.7. The van der Waals surface area contributed by atoms with Crippen LogP contribution in [0.1, 0.15) is 62.5 Å². The Morgan fingerprint density at radius 2 is 2.17 bits per heavy atom. The number of aryl methyl sites for hydroxylation is 1. The van der Waals surface area contributed by atoms with Gasteiger partial charge in [-0.2, -0.15) is 0 Å². The Labute approximate surface area is 135 Å². The smallest absolute Gasteiger partial charge is 0.251 e. The fraction of sp³-hybridized carbons (Fsp3) is 0.588. The monoisotopic (exact) mass is 316 g/mol. The van der Waals surface area contributed by atoms with Crippen LogP contribution in [0.3, 0.4) is 0 Å². The molecular formula is C17H24N4O2. The summed E-state index contributed by atoms with van der Waals surface area (Å²) < 4.78 is 1.90. The molecule has 0 aliphatic heterocycles. The first-order valence-corrected chi connectivity index (χ1v) is 8.45. The van der Waals surface area contributed by atoms with Gasteiger partial charge in [-0.15, -0.1) is 0 Å². The van der Waals surface area contributed by atoms with Crippen LogP contribution in [0.5, 0.6) is 0 Å². The second-order valence-corrected chi connectivity index (χ2v) is 6.29. The van der Waals surface area contributed by atoms with E-state index in [-0.39, 0.29) is 11.5 Å². The number of aliphatic hydroxyl groups is 1. The van der Waals surface area contributed by atoms with Gasteiger partial charge in [-0.3, -0.25) is 4.79 Å². The molecule has 1 atom stereocenters. The van der Waals surface area contributed by atoms with Crippen molar-refractivity contribution in [2.45, 2.75) is 58.1 Å². The highest BCUT2D eigenvalue weighted by Gasteiger charge is 2.26. The highest BCUT2D eigenvalue weighted by molar-refractivity contribution is 5.07. The Kier molecular flexibility index (Phi) is 4.91. The molecule has 6 nitrogen and oxygen atoms in total. The van der Waals surface area contributed by atoms with E-state index < -0.39 is 6.10 Å². The third-order valence-corrected chi connectivity index (χ3v) is 4.62. The number of hydrogen-bond donors (Lipinski definition) is 2. The minimum atomic E-state index is -0.544. The zero-order chi connectivity index (χ0) is 16.2. The van der Waals surface area contributed by atoms with Gasteiger partial charge < -0.3 is 14.7 Å². The summed E-state index contributed by atoms with van der Waals surface area (Å²) in [6.45, 7) is 2.41. The van der Waals surface area contributed by atoms with E-state index in [0.29, 0.717) is 30.3 Å². The summed E-state index contributed by atoms with van der Waals surface area (Å²) in [6, 6.07) is 1.51. The second kappa shape index (κ2) is 7.08. The Morgan fingerprint density at radius 1 is 1.39 bits per heavy atom. The molecular weight excluding hydrogens is 292 g/mol. The molecule has 6 heteroatoms. The van der Waals surface area contributed by atoms with Crippen molar-refractivity contribution < 1.29 is 5.11 Å². The van der Waals surface area contributed by atoms with Gasteiger partial charge in [0.1, 0.15) is 17.8 Å². The maximum absolute atomic E-state index is 11.7. The van der Waals surface area contributed by atoms with Crippen LogP contribution in [0.4, 0.5) is 0 Å². The van der Waals surface area contributed by atoms with Crippen LogP contribution >= 0.6 is 0 Å². The van der Waals surface area contributed by atoms with Crippen molar-refractivity contribution in [3.05, 3.63) is 46.2 Å². The largest absolute Gasteiger partial charge is 0.385 e. The first kappa shape index (κ1) is 15.9. The van der Waals surface area contributed by atoms with Gasteiger partial charge in [-0.1, -0.05) is 26.2 Å². The summed E-state index contributed by atoms with van der Waals surface area (Å²) >= 11 is 0. The summed E-state index contributed by atoms with van der Waals surface area (Å²) in [4.78, 5) is 23.2. The van der Waals surface area contributed by atoms with Crippen LogP contribution in [-0.2, 0) is 13.0 Å². The number of rotatable bonds is 5. The summed E-state index contributed by atoms with van der Waals surface area (Å²) in [5.74, 6) is 1.64. The molecule has 1 aliphatic rings. The zero-order valence-electron chi connectivity index (χ0n) is 13.5. The fourth-order valence-electron chi connectivity index (χ4n) is 3.37. The average Bonchev–Trinajstić information content (AvgIpc) is 3.02. The number of aromatic amines is 1. The second-order valence-electron chi connectivity index (χ2n) is 6.29. The standard InChI is InChI=1S/C17H24N4O2/c1-2-14-19-13(10-15(22)20-14)11-21-9-8-18-17(21)16(23)12-6-4-3-5-7-12/h8-10,12,16,23H,2-7,11H2,1H3,(H,19,20,22). The van der Waals surface area contributed by atoms with Crippen molar-refractivity contribution in [3.8, 4) is 0 Å². The quantitative estimate of drug-likeness (QED) is 0.885. The molecule has 3 rings (SSSR count). The molecule has 0 spiro atoms. The van der Waals surface area contributed by atoms with Crippen LogP contribution < -0.4 is 5.56 Å². The number of aromatic nitrogens is 4. The Morgan fingerprint density at radius 3 is 2.91 bits per heavy atom. The lowest BCUT2D eigenvalue weighted by Gasteiger charge is -2.26. The molecule has 1 fully saturated rings. The molecule has 2 N–H and O–H groups in total. The van der Waals surface area contributed by atoms with E-state index in [2.05, 4.69) is 15.0 Å². The van der Waals surface area contributed by atoms with Gasteiger partial charge in [0.2, 0.25) is 0 Å². The van der Waals surface area contributed by atoms with Crippen molar-refractivity contribution >= 4 is 0 Å². The first-order chi connectivity index (χ1) is 11.2. The Hall–Kier alpha value is -1.95. The van der Waals surface area contributed by atoms with E-state index in [1.807, 2.05) is 17.7 Å². The van der Waals surface area contributed by atoms with Crippen molar-refractivity contribution in [1.29, 1.82) is 0 Å². The van der Waals surface area contributed by atoms with Crippen molar-refractivity contribution in [3.63, 3.8) is 0 Å². The van der Waals surface area contributed by atoms with Crippen LogP contribution in [0.15, 0.2) is 23.3 Å². The van der Waals surface area contributed by atoms with Gasteiger partial charge in [-0.25, -0.2) is 9.97 Å². The van der Waals surface area contributed by atoms with Gasteiger partial charge in [0.25, 0.3) is 5.56 Å². The van der Waals surface area contributed by atoms with E-state index in [9.17, 15) is 9.90 Å². The minimum absolute atomic E-state index is 0.138. The Balaban J connectivity index is 1.80. The first-order valence-electron chi connectivity index (χ1n) is 8.45. The molecule has 1 unspecified atom stereocenters. The zero-order valence-corrected chi connectivity index (χ0v) is 13.5. The highest BCUT2D eigenvalue weighted by Crippen LogP contribution is 2.33. The molecule has 2 aromatic rings. The third-order valence-electron chi connectivity index (χ3n) is 4.62. The lowest BCUT2D eigenvalue weighted by Crippen LogP contribution is -2.21. The lowest BCUT2D eigenvalue weighted by molar-refractivity contribution is 0.0743. The predicted octanol–water partition coefficient (Wildman–Crippen LogP) is 2.19. The molecule has 0 bridgehead atoms. The number of nitrogens with one attached hydrogen (secondary N) is 1. The highest BCUT2D eigenvalue weighted by atomic mass is 16.3. The summed E-state index contributed by atoms with van der Waals surface area (Å²) in [5, 5.41) is 10.7. The SMILES string of the molecule is CCc1nc(Cn2ccnc2C(O)C2CCCCC2)cc(=O)[nH]1. The average molecular weight is 316 g/mol. The number of nitrogens with zero attached hydrogens (tertiary/aromatic N) is 3. The van der Waals surface area contributed by atoms with Gasteiger partial charge in [-0.05, 0) is 18.8 Å². The van der Waals surface area contributed by atoms with Crippen LogP contribution in [0.25, 0.3) is 0 Å². The van der Waals surface area contributed by atoms with Gasteiger partial charge >= 0.3 is 0 Å².